The highest BCUT2D eigenvalue weighted by atomic mass is 16.5. The first-order chi connectivity index (χ1) is 37.5. The maximum atomic E-state index is 12.5. The van der Waals surface area contributed by atoms with Crippen LogP contribution in [0, 0.1) is 0 Å². The average molecular weight is 1070 g/mol. The molecule has 0 saturated heterocycles. The van der Waals surface area contributed by atoms with Gasteiger partial charge in [0.25, 0.3) is 0 Å². The van der Waals surface area contributed by atoms with Crippen LogP contribution >= 0.6 is 0 Å². The maximum Gasteiger partial charge on any atom is 0.305 e. The van der Waals surface area contributed by atoms with Crippen molar-refractivity contribution in [3.63, 3.8) is 0 Å². The number of unbranched alkanes of at least 4 members (excludes halogenated alkanes) is 47. The van der Waals surface area contributed by atoms with E-state index in [-0.39, 0.29) is 18.5 Å². The fraction of sp³-hybridized carbons (Fsp3) is 0.886. The highest BCUT2D eigenvalue weighted by molar-refractivity contribution is 5.76. The number of carbonyl (C=O) groups is 2. The summed E-state index contributed by atoms with van der Waals surface area (Å²) in [5.74, 6) is -0.0381. The number of aliphatic hydroxyl groups excluding tert-OH is 2. The van der Waals surface area contributed by atoms with Gasteiger partial charge in [-0.05, 0) is 83.5 Å². The Labute approximate surface area is 474 Å². The molecule has 76 heavy (non-hydrogen) atoms. The number of ether oxygens (including phenoxy) is 1. The smallest absolute Gasteiger partial charge is 0.305 e. The van der Waals surface area contributed by atoms with Gasteiger partial charge in [-0.25, -0.2) is 0 Å². The minimum absolute atomic E-state index is 0.00149. The van der Waals surface area contributed by atoms with Gasteiger partial charge in [0, 0.05) is 12.8 Å². The van der Waals surface area contributed by atoms with Crippen LogP contribution in [0.4, 0.5) is 0 Å². The van der Waals surface area contributed by atoms with Crippen LogP contribution in [0.3, 0.4) is 0 Å². The van der Waals surface area contributed by atoms with Gasteiger partial charge in [0.2, 0.25) is 5.91 Å². The zero-order chi connectivity index (χ0) is 55.0. The molecule has 448 valence electrons. The molecule has 0 bridgehead atoms. The van der Waals surface area contributed by atoms with E-state index in [0.717, 1.165) is 51.4 Å². The van der Waals surface area contributed by atoms with Gasteiger partial charge in [0.1, 0.15) is 0 Å². The molecule has 2 atom stereocenters. The summed E-state index contributed by atoms with van der Waals surface area (Å²) >= 11 is 0. The molecule has 0 heterocycles. The lowest BCUT2D eigenvalue weighted by atomic mass is 10.0. The largest absolute Gasteiger partial charge is 0.466 e. The second kappa shape index (κ2) is 65.6. The molecule has 6 nitrogen and oxygen atoms in total. The van der Waals surface area contributed by atoms with Gasteiger partial charge in [0.15, 0.2) is 0 Å². The predicted molar refractivity (Wildman–Crippen MR) is 333 cm³/mol. The summed E-state index contributed by atoms with van der Waals surface area (Å²) in [4.78, 5) is 24.6. The summed E-state index contributed by atoms with van der Waals surface area (Å²) in [5, 5.41) is 23.4. The Morgan fingerprint density at radius 1 is 0.368 bits per heavy atom. The van der Waals surface area contributed by atoms with Gasteiger partial charge in [-0.3, -0.25) is 9.59 Å². The molecule has 0 radical (unpaired) electrons. The lowest BCUT2D eigenvalue weighted by molar-refractivity contribution is -0.143. The van der Waals surface area contributed by atoms with E-state index in [1.807, 2.05) is 0 Å². The predicted octanol–water partition coefficient (Wildman–Crippen LogP) is 21.9. The van der Waals surface area contributed by atoms with Crippen LogP contribution in [0.25, 0.3) is 0 Å². The second-order valence-corrected chi connectivity index (χ2v) is 23.5. The Morgan fingerprint density at radius 2 is 0.658 bits per heavy atom. The molecule has 0 aliphatic heterocycles. The Hall–Kier alpha value is -1.92. The zero-order valence-electron chi connectivity index (χ0n) is 51.3. The Bertz CT molecular complexity index is 1230. The van der Waals surface area contributed by atoms with Crippen LogP contribution < -0.4 is 5.32 Å². The molecule has 0 saturated carbocycles. The highest BCUT2D eigenvalue weighted by Gasteiger charge is 2.20. The summed E-state index contributed by atoms with van der Waals surface area (Å²) in [5.41, 5.74) is 0. The van der Waals surface area contributed by atoms with Crippen molar-refractivity contribution >= 4 is 11.9 Å². The van der Waals surface area contributed by atoms with Crippen molar-refractivity contribution < 1.29 is 24.5 Å². The van der Waals surface area contributed by atoms with Crippen molar-refractivity contribution in [1.82, 2.24) is 5.32 Å². The van der Waals surface area contributed by atoms with Crippen molar-refractivity contribution in [3.8, 4) is 0 Å². The van der Waals surface area contributed by atoms with E-state index in [1.54, 1.807) is 0 Å². The van der Waals surface area contributed by atoms with E-state index >= 15 is 0 Å². The number of nitrogens with one attached hydrogen (secondary N) is 1. The lowest BCUT2D eigenvalue weighted by Gasteiger charge is -2.22. The quantitative estimate of drug-likeness (QED) is 0.0320. The zero-order valence-corrected chi connectivity index (χ0v) is 51.3. The molecule has 0 fully saturated rings. The number of esters is 1. The minimum atomic E-state index is -0.671. The van der Waals surface area contributed by atoms with E-state index in [2.05, 4.69) is 55.6 Å². The lowest BCUT2D eigenvalue weighted by Crippen LogP contribution is -2.45. The summed E-state index contributed by atoms with van der Waals surface area (Å²) < 4.78 is 5.49. The monoisotopic (exact) mass is 1070 g/mol. The molecule has 0 aromatic carbocycles. The van der Waals surface area contributed by atoms with E-state index < -0.39 is 12.1 Å². The summed E-state index contributed by atoms with van der Waals surface area (Å²) in [6.45, 7) is 4.95. The topological polar surface area (TPSA) is 95.9 Å². The van der Waals surface area contributed by atoms with Gasteiger partial charge in [-0.15, -0.1) is 0 Å². The molecule has 0 rings (SSSR count). The van der Waals surface area contributed by atoms with Crippen LogP contribution in [-0.2, 0) is 14.3 Å². The van der Waals surface area contributed by atoms with E-state index in [9.17, 15) is 19.8 Å². The summed E-state index contributed by atoms with van der Waals surface area (Å²) in [6.07, 6.45) is 83.1. The molecular formula is C70H133NO5. The first kappa shape index (κ1) is 74.1. The standard InChI is InChI=1S/C70H133NO5/c1-3-5-7-9-11-13-15-17-19-21-23-27-30-34-38-42-46-50-54-58-62-68(73)67(66-72)71-69(74)63-59-55-51-47-43-39-35-31-28-25-24-26-29-33-37-41-45-49-53-57-61-65-76-70(75)64-60-56-52-48-44-40-36-32-22-20-18-16-14-12-10-8-6-4-2/h14,16,20,22,25,28,67-68,72-73H,3-13,15,17-19,21,23-24,26-27,29-66H2,1-2H3,(H,71,74)/b16-14-,22-20-,28-25-. The van der Waals surface area contributed by atoms with Crippen molar-refractivity contribution in [2.45, 2.75) is 386 Å². The number of hydrogen-bond donors (Lipinski definition) is 3. The third kappa shape index (κ3) is 61.3. The fourth-order valence-corrected chi connectivity index (χ4v) is 10.7. The van der Waals surface area contributed by atoms with Gasteiger partial charge < -0.3 is 20.3 Å². The van der Waals surface area contributed by atoms with Gasteiger partial charge in [-0.2, -0.15) is 0 Å². The molecule has 6 heteroatoms. The Morgan fingerprint density at radius 3 is 1.03 bits per heavy atom. The average Bonchev–Trinajstić information content (AvgIpc) is 3.42. The first-order valence-corrected chi connectivity index (χ1v) is 34.2. The number of allylic oxidation sites excluding steroid dienone is 6. The Kier molecular flexibility index (Phi) is 63.9. The molecule has 3 N–H and O–H groups in total. The van der Waals surface area contributed by atoms with Gasteiger partial charge in [0.05, 0.1) is 25.4 Å². The molecule has 0 aliphatic rings. The number of carbonyl (C=O) groups excluding carboxylic acids is 2. The van der Waals surface area contributed by atoms with E-state index in [4.69, 9.17) is 4.74 Å². The normalized spacial score (nSPS) is 12.7. The SMILES string of the molecule is CCCCCC/C=C\C/C=C\CCCCCCCCCC(=O)OCCCCCCCCCCCC/C=C\CCCCCCCCCC(=O)NC(CO)C(O)CCCCCCCCCCCCCCCCCCCCCC. The van der Waals surface area contributed by atoms with Gasteiger partial charge >= 0.3 is 5.97 Å². The maximum absolute atomic E-state index is 12.5. The van der Waals surface area contributed by atoms with Crippen LogP contribution in [0.1, 0.15) is 373 Å². The molecule has 0 aliphatic carbocycles. The molecule has 0 spiro atoms. The van der Waals surface area contributed by atoms with E-state index in [1.165, 1.54) is 289 Å². The van der Waals surface area contributed by atoms with Crippen LogP contribution in [0.2, 0.25) is 0 Å². The van der Waals surface area contributed by atoms with E-state index in [0.29, 0.717) is 25.9 Å². The van der Waals surface area contributed by atoms with Crippen molar-refractivity contribution in [3.05, 3.63) is 36.5 Å². The fourth-order valence-electron chi connectivity index (χ4n) is 10.7. The van der Waals surface area contributed by atoms with Crippen molar-refractivity contribution in [1.29, 1.82) is 0 Å². The number of hydrogen-bond acceptors (Lipinski definition) is 5. The molecule has 0 aromatic heterocycles. The summed E-state index contributed by atoms with van der Waals surface area (Å²) in [6, 6.07) is -0.549. The molecule has 1 amide bonds. The van der Waals surface area contributed by atoms with Crippen molar-refractivity contribution in [2.75, 3.05) is 13.2 Å². The molecular weight excluding hydrogens is 935 g/mol. The molecule has 0 aromatic rings. The number of rotatable bonds is 64. The van der Waals surface area contributed by atoms with Gasteiger partial charge in [-0.1, -0.05) is 314 Å². The third-order valence-corrected chi connectivity index (χ3v) is 15.9. The third-order valence-electron chi connectivity index (χ3n) is 15.9. The summed E-state index contributed by atoms with van der Waals surface area (Å²) in [7, 11) is 0. The number of amides is 1. The van der Waals surface area contributed by atoms with Crippen LogP contribution in [-0.4, -0.2) is 47.4 Å². The van der Waals surface area contributed by atoms with Crippen LogP contribution in [0.5, 0.6) is 0 Å². The van der Waals surface area contributed by atoms with Crippen molar-refractivity contribution in [2.24, 2.45) is 0 Å². The minimum Gasteiger partial charge on any atom is -0.466 e. The highest BCUT2D eigenvalue weighted by Crippen LogP contribution is 2.18. The Balaban J connectivity index is 3.42. The molecule has 2 unspecified atom stereocenters. The second-order valence-electron chi connectivity index (χ2n) is 23.5. The first-order valence-electron chi connectivity index (χ1n) is 34.2. The van der Waals surface area contributed by atoms with Crippen LogP contribution in [0.15, 0.2) is 36.5 Å². The number of aliphatic hydroxyl groups is 2.